The maximum Gasteiger partial charge on any atom is 0.408 e. The van der Waals surface area contributed by atoms with E-state index in [9.17, 15) is 22.8 Å². The van der Waals surface area contributed by atoms with Crippen LogP contribution in [-0.4, -0.2) is 59.4 Å². The Kier molecular flexibility index (Phi) is 7.10. The highest BCUT2D eigenvalue weighted by Crippen LogP contribution is 2.31. The summed E-state index contributed by atoms with van der Waals surface area (Å²) in [6.07, 6.45) is -3.65. The fraction of sp³-hybridized carbons (Fsp3) is 0.875. The lowest BCUT2D eigenvalue weighted by Crippen LogP contribution is -2.58. The van der Waals surface area contributed by atoms with Crippen LogP contribution < -0.4 is 10.6 Å². The number of carbonyl (C=O) groups excluding carboxylic acids is 1. The van der Waals surface area contributed by atoms with Crippen LogP contribution in [0.1, 0.15) is 47.0 Å². The molecule has 1 atom stereocenters. The number of alkyl halides is 3. The quantitative estimate of drug-likeness (QED) is 0.646. The van der Waals surface area contributed by atoms with Crippen molar-refractivity contribution in [1.82, 2.24) is 15.5 Å². The third-order valence-electron chi connectivity index (χ3n) is 4.23. The second kappa shape index (κ2) is 8.25. The van der Waals surface area contributed by atoms with E-state index in [1.165, 1.54) is 0 Å². The first-order valence-corrected chi connectivity index (χ1v) is 8.41. The van der Waals surface area contributed by atoms with E-state index >= 15 is 0 Å². The number of amides is 2. The summed E-state index contributed by atoms with van der Waals surface area (Å²) in [5.74, 6) is -0.925. The number of likely N-dealkylation sites (N-methyl/N-ethyl adjacent to an activating group) is 1. The highest BCUT2D eigenvalue weighted by molar-refractivity contribution is 5.74. The molecule has 0 radical (unpaired) electrons. The number of rotatable bonds is 7. The summed E-state index contributed by atoms with van der Waals surface area (Å²) in [6.45, 7) is 7.38. The molecule has 9 heteroatoms. The van der Waals surface area contributed by atoms with Crippen molar-refractivity contribution in [3.05, 3.63) is 0 Å². The summed E-state index contributed by atoms with van der Waals surface area (Å²) < 4.78 is 39.2. The van der Waals surface area contributed by atoms with Crippen LogP contribution in [0, 0.1) is 5.41 Å². The van der Waals surface area contributed by atoms with E-state index in [-0.39, 0.29) is 25.0 Å². The van der Waals surface area contributed by atoms with E-state index in [0.29, 0.717) is 19.4 Å². The first-order valence-electron chi connectivity index (χ1n) is 8.41. The van der Waals surface area contributed by atoms with Crippen LogP contribution in [-0.2, 0) is 4.79 Å². The Labute approximate surface area is 146 Å². The SMILES string of the molecule is CCN(CC(=O)O)C1CC(NC(=O)NC(CC(C)(C)C)C(F)(F)F)C1. The first kappa shape index (κ1) is 21.5. The minimum Gasteiger partial charge on any atom is -0.480 e. The van der Waals surface area contributed by atoms with E-state index in [0.717, 1.165) is 0 Å². The van der Waals surface area contributed by atoms with Crippen molar-refractivity contribution >= 4 is 12.0 Å². The molecule has 0 aliphatic heterocycles. The molecule has 0 aromatic heterocycles. The Morgan fingerprint density at radius 3 is 2.20 bits per heavy atom. The number of carbonyl (C=O) groups is 2. The molecule has 25 heavy (non-hydrogen) atoms. The molecule has 1 rings (SSSR count). The molecule has 0 saturated heterocycles. The minimum absolute atomic E-state index is 0.0272. The average molecular weight is 367 g/mol. The lowest BCUT2D eigenvalue weighted by atomic mass is 9.85. The highest BCUT2D eigenvalue weighted by atomic mass is 19.4. The first-order chi connectivity index (χ1) is 11.3. The molecule has 1 fully saturated rings. The molecule has 0 aromatic rings. The zero-order valence-corrected chi connectivity index (χ0v) is 15.1. The molecule has 2 amide bonds. The number of carboxylic acid groups (broad SMARTS) is 1. The fourth-order valence-corrected chi connectivity index (χ4v) is 2.92. The standard InChI is InChI=1S/C16H28F3N3O3/c1-5-22(9-13(23)24)11-6-10(7-11)20-14(25)21-12(16(17,18)19)8-15(2,3)4/h10-12H,5-9H2,1-4H3,(H,23,24)(H2,20,21,25). The Morgan fingerprint density at radius 2 is 1.80 bits per heavy atom. The summed E-state index contributed by atoms with van der Waals surface area (Å²) in [6, 6.07) is -2.95. The van der Waals surface area contributed by atoms with Crippen molar-refractivity contribution in [3.8, 4) is 0 Å². The zero-order chi connectivity index (χ0) is 19.4. The smallest absolute Gasteiger partial charge is 0.408 e. The lowest BCUT2D eigenvalue weighted by Gasteiger charge is -2.42. The van der Waals surface area contributed by atoms with Crippen molar-refractivity contribution in [2.75, 3.05) is 13.1 Å². The Hall–Kier alpha value is -1.51. The Morgan fingerprint density at radius 1 is 1.24 bits per heavy atom. The highest BCUT2D eigenvalue weighted by Gasteiger charge is 2.43. The number of hydrogen-bond acceptors (Lipinski definition) is 3. The Balaban J connectivity index is 2.48. The predicted octanol–water partition coefficient (Wildman–Crippen LogP) is 2.59. The van der Waals surface area contributed by atoms with Crippen LogP contribution in [0.25, 0.3) is 0 Å². The average Bonchev–Trinajstić information content (AvgIpc) is 2.36. The molecule has 0 bridgehead atoms. The number of aliphatic carboxylic acids is 1. The molecule has 0 spiro atoms. The minimum atomic E-state index is -4.51. The molecule has 1 aliphatic rings. The van der Waals surface area contributed by atoms with Crippen LogP contribution in [0.15, 0.2) is 0 Å². The van der Waals surface area contributed by atoms with Gasteiger partial charge in [-0.2, -0.15) is 13.2 Å². The zero-order valence-electron chi connectivity index (χ0n) is 15.1. The molecule has 1 aliphatic carbocycles. The van der Waals surface area contributed by atoms with Crippen LogP contribution in [0.5, 0.6) is 0 Å². The molecule has 146 valence electrons. The van der Waals surface area contributed by atoms with Gasteiger partial charge in [-0.15, -0.1) is 0 Å². The number of nitrogens with one attached hydrogen (secondary N) is 2. The van der Waals surface area contributed by atoms with Gasteiger partial charge in [-0.05, 0) is 31.2 Å². The van der Waals surface area contributed by atoms with E-state index in [1.54, 1.807) is 25.7 Å². The van der Waals surface area contributed by atoms with Gasteiger partial charge in [0.2, 0.25) is 0 Å². The number of nitrogens with zero attached hydrogens (tertiary/aromatic N) is 1. The molecule has 0 aromatic carbocycles. The summed E-state index contributed by atoms with van der Waals surface area (Å²) in [7, 11) is 0. The van der Waals surface area contributed by atoms with Crippen LogP contribution >= 0.6 is 0 Å². The van der Waals surface area contributed by atoms with Gasteiger partial charge < -0.3 is 15.7 Å². The number of urea groups is 1. The van der Waals surface area contributed by atoms with Gasteiger partial charge in [0.25, 0.3) is 0 Å². The van der Waals surface area contributed by atoms with Gasteiger partial charge in [0, 0.05) is 12.1 Å². The Bertz CT molecular complexity index is 471. The second-order valence-corrected chi connectivity index (χ2v) is 7.76. The predicted molar refractivity (Wildman–Crippen MR) is 87.3 cm³/mol. The maximum atomic E-state index is 13.1. The van der Waals surface area contributed by atoms with Crippen molar-refractivity contribution in [2.45, 2.75) is 71.3 Å². The fourth-order valence-electron chi connectivity index (χ4n) is 2.92. The monoisotopic (exact) mass is 367 g/mol. The normalized spacial score (nSPS) is 22.2. The molecule has 6 nitrogen and oxygen atoms in total. The molecule has 1 saturated carbocycles. The van der Waals surface area contributed by atoms with Crippen molar-refractivity contribution in [2.24, 2.45) is 5.41 Å². The van der Waals surface area contributed by atoms with E-state index in [2.05, 4.69) is 5.32 Å². The number of carboxylic acids is 1. The molecular weight excluding hydrogens is 339 g/mol. The summed E-state index contributed by atoms with van der Waals surface area (Å²) in [5, 5.41) is 13.4. The molecular formula is C16H28F3N3O3. The number of hydrogen-bond donors (Lipinski definition) is 3. The molecule has 3 N–H and O–H groups in total. The topological polar surface area (TPSA) is 81.7 Å². The van der Waals surface area contributed by atoms with Crippen LogP contribution in [0.4, 0.5) is 18.0 Å². The van der Waals surface area contributed by atoms with Gasteiger partial charge in [-0.1, -0.05) is 27.7 Å². The maximum absolute atomic E-state index is 13.1. The van der Waals surface area contributed by atoms with E-state index in [4.69, 9.17) is 5.11 Å². The van der Waals surface area contributed by atoms with Crippen molar-refractivity contribution < 1.29 is 27.9 Å². The third-order valence-corrected chi connectivity index (χ3v) is 4.23. The number of halogens is 3. The summed E-state index contributed by atoms with van der Waals surface area (Å²) >= 11 is 0. The van der Waals surface area contributed by atoms with Gasteiger partial charge in [-0.25, -0.2) is 4.79 Å². The summed E-state index contributed by atoms with van der Waals surface area (Å²) in [4.78, 5) is 24.4. The largest absolute Gasteiger partial charge is 0.480 e. The van der Waals surface area contributed by atoms with E-state index in [1.807, 2.05) is 12.2 Å². The molecule has 0 heterocycles. The van der Waals surface area contributed by atoms with Crippen LogP contribution in [0.2, 0.25) is 0 Å². The summed E-state index contributed by atoms with van der Waals surface area (Å²) in [5.41, 5.74) is -0.576. The van der Waals surface area contributed by atoms with Gasteiger partial charge in [-0.3, -0.25) is 9.69 Å². The third kappa shape index (κ3) is 7.50. The second-order valence-electron chi connectivity index (χ2n) is 7.76. The van der Waals surface area contributed by atoms with Gasteiger partial charge in [0.15, 0.2) is 0 Å². The van der Waals surface area contributed by atoms with Gasteiger partial charge in [0.1, 0.15) is 6.04 Å². The molecule has 1 unspecified atom stereocenters. The lowest BCUT2D eigenvalue weighted by molar-refractivity contribution is -0.159. The van der Waals surface area contributed by atoms with Crippen molar-refractivity contribution in [3.63, 3.8) is 0 Å². The van der Waals surface area contributed by atoms with Gasteiger partial charge >= 0.3 is 18.2 Å². The van der Waals surface area contributed by atoms with E-state index < -0.39 is 29.6 Å². The van der Waals surface area contributed by atoms with Gasteiger partial charge in [0.05, 0.1) is 6.54 Å². The van der Waals surface area contributed by atoms with Crippen LogP contribution in [0.3, 0.4) is 0 Å². The van der Waals surface area contributed by atoms with Crippen molar-refractivity contribution in [1.29, 1.82) is 0 Å².